The number of amides is 1. The first-order chi connectivity index (χ1) is 11.6. The fraction of sp³-hybridized carbons (Fsp3) is 0.235. The van der Waals surface area contributed by atoms with Gasteiger partial charge in [-0.2, -0.15) is 5.10 Å². The van der Waals surface area contributed by atoms with Crippen LogP contribution in [0, 0.1) is 11.6 Å². The molecule has 122 valence electrons. The number of carbonyl (C=O) groups is 1. The van der Waals surface area contributed by atoms with Gasteiger partial charge in [-0.3, -0.25) is 4.79 Å². The number of nitrogens with one attached hydrogen (secondary N) is 1. The summed E-state index contributed by atoms with van der Waals surface area (Å²) in [6.45, 7) is 0. The van der Waals surface area contributed by atoms with Crippen LogP contribution in [0.4, 0.5) is 14.5 Å². The second-order valence-electron chi connectivity index (χ2n) is 5.87. The Labute approximate surface area is 136 Å². The van der Waals surface area contributed by atoms with E-state index >= 15 is 0 Å². The molecule has 1 amide bonds. The average molecular weight is 328 g/mol. The Balaban J connectivity index is 1.67. The van der Waals surface area contributed by atoms with Gasteiger partial charge in [-0.05, 0) is 43.2 Å². The molecule has 3 aromatic rings. The zero-order chi connectivity index (χ0) is 16.7. The summed E-state index contributed by atoms with van der Waals surface area (Å²) in [5.41, 5.74) is 0.546. The molecular formula is C17H14F2N4O. The average Bonchev–Trinajstić information content (AvgIpc) is 2.92. The van der Waals surface area contributed by atoms with E-state index in [0.29, 0.717) is 17.3 Å². The van der Waals surface area contributed by atoms with E-state index in [1.54, 1.807) is 22.8 Å². The molecule has 0 saturated heterocycles. The zero-order valence-corrected chi connectivity index (χ0v) is 12.7. The number of hydrogen-bond donors (Lipinski definition) is 1. The van der Waals surface area contributed by atoms with Gasteiger partial charge < -0.3 is 5.32 Å². The second-order valence-corrected chi connectivity index (χ2v) is 5.87. The second kappa shape index (κ2) is 5.67. The van der Waals surface area contributed by atoms with Crippen molar-refractivity contribution in [2.75, 3.05) is 5.32 Å². The number of halogens is 2. The molecule has 7 heteroatoms. The van der Waals surface area contributed by atoms with Crippen LogP contribution < -0.4 is 5.32 Å². The lowest BCUT2D eigenvalue weighted by Crippen LogP contribution is -2.15. The van der Waals surface area contributed by atoms with Crippen LogP contribution in [0.5, 0.6) is 0 Å². The third-order valence-electron chi connectivity index (χ3n) is 4.27. The molecule has 1 aromatic carbocycles. The standard InChI is InChI=1S/C17H14F2N4O/c18-11-6-7-13(19)12(9-11)17(24)20-14-5-2-8-23-16(14)21-15(22-23)10-3-1-4-10/h2,5-10H,1,3-4H2,(H,20,24). The van der Waals surface area contributed by atoms with Crippen LogP contribution >= 0.6 is 0 Å². The molecule has 24 heavy (non-hydrogen) atoms. The van der Waals surface area contributed by atoms with Gasteiger partial charge in [-0.25, -0.2) is 18.3 Å². The Morgan fingerprint density at radius 1 is 1.25 bits per heavy atom. The van der Waals surface area contributed by atoms with Crippen molar-refractivity contribution in [2.45, 2.75) is 25.2 Å². The van der Waals surface area contributed by atoms with Crippen LogP contribution in [0.1, 0.15) is 41.4 Å². The van der Waals surface area contributed by atoms with Gasteiger partial charge in [0.15, 0.2) is 11.5 Å². The normalized spacial score (nSPS) is 14.6. The molecule has 2 heterocycles. The number of fused-ring (bicyclic) bond motifs is 1. The van der Waals surface area contributed by atoms with Gasteiger partial charge in [0.2, 0.25) is 0 Å². The molecule has 0 spiro atoms. The van der Waals surface area contributed by atoms with Gasteiger partial charge >= 0.3 is 0 Å². The maximum Gasteiger partial charge on any atom is 0.258 e. The molecule has 0 aliphatic heterocycles. The van der Waals surface area contributed by atoms with Crippen LogP contribution in [0.25, 0.3) is 5.65 Å². The molecule has 0 unspecified atom stereocenters. The summed E-state index contributed by atoms with van der Waals surface area (Å²) >= 11 is 0. The molecule has 5 nitrogen and oxygen atoms in total. The fourth-order valence-corrected chi connectivity index (χ4v) is 2.72. The maximum absolute atomic E-state index is 13.7. The largest absolute Gasteiger partial charge is 0.319 e. The lowest BCUT2D eigenvalue weighted by Gasteiger charge is -2.21. The first kappa shape index (κ1) is 14.7. The van der Waals surface area contributed by atoms with Crippen molar-refractivity contribution in [3.05, 3.63) is 59.6 Å². The SMILES string of the molecule is O=C(Nc1cccn2nc(C3CCC3)nc12)c1cc(F)ccc1F. The topological polar surface area (TPSA) is 59.3 Å². The number of aromatic nitrogens is 3. The summed E-state index contributed by atoms with van der Waals surface area (Å²) in [6.07, 6.45) is 5.03. The summed E-state index contributed by atoms with van der Waals surface area (Å²) in [5, 5.41) is 7.02. The number of benzene rings is 1. The zero-order valence-electron chi connectivity index (χ0n) is 12.7. The number of carbonyl (C=O) groups excluding carboxylic acids is 1. The Bertz CT molecular complexity index is 933. The van der Waals surface area contributed by atoms with Crippen LogP contribution in [-0.2, 0) is 0 Å². The minimum atomic E-state index is -0.780. The number of rotatable bonds is 3. The number of nitrogens with zero attached hydrogens (tertiary/aromatic N) is 3. The van der Waals surface area contributed by atoms with Gasteiger partial charge in [0.25, 0.3) is 5.91 Å². The lowest BCUT2D eigenvalue weighted by molar-refractivity contribution is 0.102. The highest BCUT2D eigenvalue weighted by Gasteiger charge is 2.24. The Morgan fingerprint density at radius 3 is 2.83 bits per heavy atom. The quantitative estimate of drug-likeness (QED) is 0.800. The summed E-state index contributed by atoms with van der Waals surface area (Å²) in [4.78, 5) is 16.8. The van der Waals surface area contributed by atoms with E-state index in [0.717, 1.165) is 36.9 Å². The fourth-order valence-electron chi connectivity index (χ4n) is 2.72. The summed E-state index contributed by atoms with van der Waals surface area (Å²) in [7, 11) is 0. The van der Waals surface area contributed by atoms with Crippen molar-refractivity contribution >= 4 is 17.2 Å². The van der Waals surface area contributed by atoms with Crippen molar-refractivity contribution in [3.63, 3.8) is 0 Å². The molecule has 1 aliphatic carbocycles. The lowest BCUT2D eigenvalue weighted by atomic mass is 9.85. The summed E-state index contributed by atoms with van der Waals surface area (Å²) in [5.74, 6) is -1.07. The number of pyridine rings is 1. The summed E-state index contributed by atoms with van der Waals surface area (Å²) < 4.78 is 28.6. The minimum Gasteiger partial charge on any atom is -0.319 e. The Hall–Kier alpha value is -2.83. The van der Waals surface area contributed by atoms with E-state index in [-0.39, 0.29) is 5.56 Å². The van der Waals surface area contributed by atoms with Crippen LogP contribution in [0.3, 0.4) is 0 Å². The van der Waals surface area contributed by atoms with Crippen molar-refractivity contribution < 1.29 is 13.6 Å². The van der Waals surface area contributed by atoms with Crippen LogP contribution in [-0.4, -0.2) is 20.5 Å². The Kier molecular flexibility index (Phi) is 3.48. The predicted molar refractivity (Wildman–Crippen MR) is 83.9 cm³/mol. The predicted octanol–water partition coefficient (Wildman–Crippen LogP) is 3.53. The third kappa shape index (κ3) is 2.51. The first-order valence-corrected chi connectivity index (χ1v) is 7.73. The van der Waals surface area contributed by atoms with E-state index in [1.807, 2.05) is 0 Å². The molecule has 1 aliphatic rings. The van der Waals surface area contributed by atoms with Crippen LogP contribution in [0.15, 0.2) is 36.5 Å². The maximum atomic E-state index is 13.7. The van der Waals surface area contributed by atoms with E-state index in [4.69, 9.17) is 0 Å². The number of anilines is 1. The third-order valence-corrected chi connectivity index (χ3v) is 4.27. The van der Waals surface area contributed by atoms with Gasteiger partial charge in [-0.1, -0.05) is 6.42 Å². The highest BCUT2D eigenvalue weighted by Crippen LogP contribution is 2.35. The van der Waals surface area contributed by atoms with Gasteiger partial charge in [0.05, 0.1) is 11.3 Å². The van der Waals surface area contributed by atoms with Crippen molar-refractivity contribution in [1.29, 1.82) is 0 Å². The molecule has 0 bridgehead atoms. The van der Waals surface area contributed by atoms with Crippen molar-refractivity contribution in [2.24, 2.45) is 0 Å². The van der Waals surface area contributed by atoms with E-state index < -0.39 is 17.5 Å². The van der Waals surface area contributed by atoms with Crippen molar-refractivity contribution in [1.82, 2.24) is 14.6 Å². The highest BCUT2D eigenvalue weighted by atomic mass is 19.1. The van der Waals surface area contributed by atoms with Crippen molar-refractivity contribution in [3.8, 4) is 0 Å². The van der Waals surface area contributed by atoms with Gasteiger partial charge in [0, 0.05) is 12.1 Å². The molecule has 0 radical (unpaired) electrons. The summed E-state index contributed by atoms with van der Waals surface area (Å²) in [6, 6.07) is 6.13. The van der Waals surface area contributed by atoms with Gasteiger partial charge in [0.1, 0.15) is 11.6 Å². The molecule has 2 aromatic heterocycles. The first-order valence-electron chi connectivity index (χ1n) is 7.73. The minimum absolute atomic E-state index is 0.351. The van der Waals surface area contributed by atoms with Gasteiger partial charge in [-0.15, -0.1) is 0 Å². The highest BCUT2D eigenvalue weighted by molar-refractivity contribution is 6.06. The Morgan fingerprint density at radius 2 is 2.08 bits per heavy atom. The molecule has 1 N–H and O–H groups in total. The number of hydrogen-bond acceptors (Lipinski definition) is 3. The molecule has 0 atom stereocenters. The van der Waals surface area contributed by atoms with E-state index in [9.17, 15) is 13.6 Å². The molecule has 1 fully saturated rings. The molecule has 1 saturated carbocycles. The monoisotopic (exact) mass is 328 g/mol. The van der Waals surface area contributed by atoms with E-state index in [1.165, 1.54) is 6.42 Å². The molecule has 4 rings (SSSR count). The smallest absolute Gasteiger partial charge is 0.258 e. The molecular weight excluding hydrogens is 314 g/mol. The van der Waals surface area contributed by atoms with E-state index in [2.05, 4.69) is 15.4 Å². The van der Waals surface area contributed by atoms with Crippen LogP contribution in [0.2, 0.25) is 0 Å².